The molecule has 4 rings (SSSR count). The van der Waals surface area contributed by atoms with Gasteiger partial charge in [0, 0.05) is 13.5 Å². The highest BCUT2D eigenvalue weighted by Gasteiger charge is 2.74. The fraction of sp³-hybridized carbons (Fsp3) is 0.857. The van der Waals surface area contributed by atoms with E-state index in [2.05, 4.69) is 0 Å². The molecule has 1 spiro atoms. The second-order valence-corrected chi connectivity index (χ2v) is 6.26. The van der Waals surface area contributed by atoms with E-state index in [-0.39, 0.29) is 25.7 Å². The number of fused-ring (bicyclic) bond motifs is 2. The summed E-state index contributed by atoms with van der Waals surface area (Å²) in [6.07, 6.45) is 0.673. The number of aliphatic carboxylic acids is 2. The van der Waals surface area contributed by atoms with Crippen LogP contribution in [0.25, 0.3) is 0 Å². The predicted octanol–water partition coefficient (Wildman–Crippen LogP) is 0.864. The summed E-state index contributed by atoms with van der Waals surface area (Å²) in [7, 11) is 1.43. The molecule has 1 aliphatic heterocycles. The van der Waals surface area contributed by atoms with Crippen molar-refractivity contribution >= 4 is 11.9 Å². The molecule has 2 N–H and O–H groups in total. The summed E-state index contributed by atoms with van der Waals surface area (Å²) in [5.41, 5.74) is -2.37. The number of methoxy groups -OCH3 is 1. The number of carbonyl (C=O) groups is 2. The van der Waals surface area contributed by atoms with Crippen LogP contribution in [0.3, 0.4) is 0 Å². The van der Waals surface area contributed by atoms with Crippen LogP contribution in [0.2, 0.25) is 0 Å². The van der Waals surface area contributed by atoms with Gasteiger partial charge in [0.1, 0.15) is 5.41 Å². The number of carboxylic acid groups (broad SMARTS) is 2. The van der Waals surface area contributed by atoms with Crippen molar-refractivity contribution in [2.24, 2.45) is 10.8 Å². The third kappa shape index (κ3) is 1.71. The highest BCUT2D eigenvalue weighted by Crippen LogP contribution is 2.64. The standard InChI is InChI=1S/C14H20O7/c1-19-9-7-13(11(17)18)4-3-12(9,10(15)16)8-14(13)20-5-2-6-21-14/h9H,2-8H2,1H3,(H,15,16)(H,17,18). The molecule has 3 saturated carbocycles. The zero-order valence-corrected chi connectivity index (χ0v) is 12.0. The molecule has 0 amide bonds. The molecule has 3 unspecified atom stereocenters. The average molecular weight is 300 g/mol. The van der Waals surface area contributed by atoms with Gasteiger partial charge in [-0.25, -0.2) is 0 Å². The van der Waals surface area contributed by atoms with E-state index in [0.717, 1.165) is 0 Å². The lowest BCUT2D eigenvalue weighted by Crippen LogP contribution is -2.72. The van der Waals surface area contributed by atoms with Gasteiger partial charge in [-0.05, 0) is 25.7 Å². The minimum Gasteiger partial charge on any atom is -0.481 e. The Labute approximate surface area is 122 Å². The van der Waals surface area contributed by atoms with Gasteiger partial charge in [0.15, 0.2) is 5.79 Å². The molecule has 0 radical (unpaired) electrons. The summed E-state index contributed by atoms with van der Waals surface area (Å²) < 4.78 is 16.8. The van der Waals surface area contributed by atoms with Crippen LogP contribution in [-0.2, 0) is 23.8 Å². The molecule has 21 heavy (non-hydrogen) atoms. The molecule has 3 aliphatic carbocycles. The van der Waals surface area contributed by atoms with Crippen molar-refractivity contribution in [2.45, 2.75) is 44.0 Å². The first-order chi connectivity index (χ1) is 9.92. The lowest BCUT2D eigenvalue weighted by Gasteiger charge is -2.62. The fourth-order valence-electron chi connectivity index (χ4n) is 4.28. The van der Waals surface area contributed by atoms with Gasteiger partial charge in [0.05, 0.1) is 24.7 Å². The Morgan fingerprint density at radius 3 is 2.33 bits per heavy atom. The van der Waals surface area contributed by atoms with Gasteiger partial charge in [-0.3, -0.25) is 9.59 Å². The number of hydrogen-bond acceptors (Lipinski definition) is 5. The smallest absolute Gasteiger partial charge is 0.315 e. The Morgan fingerprint density at radius 2 is 1.81 bits per heavy atom. The van der Waals surface area contributed by atoms with Crippen LogP contribution in [-0.4, -0.2) is 54.4 Å². The summed E-state index contributed by atoms with van der Waals surface area (Å²) in [4.78, 5) is 23.8. The number of hydrogen-bond donors (Lipinski definition) is 2. The number of carboxylic acids is 2. The molecular weight excluding hydrogens is 280 g/mol. The zero-order valence-electron chi connectivity index (χ0n) is 12.0. The maximum absolute atomic E-state index is 12.0. The topological polar surface area (TPSA) is 102 Å². The number of ether oxygens (including phenoxy) is 3. The van der Waals surface area contributed by atoms with Crippen LogP contribution in [0.5, 0.6) is 0 Å². The quantitative estimate of drug-likeness (QED) is 0.797. The lowest BCUT2D eigenvalue weighted by molar-refractivity contribution is -0.371. The van der Waals surface area contributed by atoms with E-state index >= 15 is 0 Å². The van der Waals surface area contributed by atoms with Crippen molar-refractivity contribution in [3.05, 3.63) is 0 Å². The fourth-order valence-corrected chi connectivity index (χ4v) is 4.28. The minimum atomic E-state index is -1.34. The van der Waals surface area contributed by atoms with Gasteiger partial charge >= 0.3 is 11.9 Å². The number of rotatable bonds is 3. The van der Waals surface area contributed by atoms with Gasteiger partial charge in [-0.1, -0.05) is 0 Å². The average Bonchev–Trinajstić information content (AvgIpc) is 2.48. The van der Waals surface area contributed by atoms with Gasteiger partial charge in [0.2, 0.25) is 0 Å². The van der Waals surface area contributed by atoms with E-state index in [4.69, 9.17) is 14.2 Å². The van der Waals surface area contributed by atoms with Gasteiger partial charge in [-0.15, -0.1) is 0 Å². The zero-order chi connectivity index (χ0) is 15.3. The second kappa shape index (κ2) is 4.66. The third-order valence-electron chi connectivity index (χ3n) is 5.50. The monoisotopic (exact) mass is 300 g/mol. The normalized spacial score (nSPS) is 41.1. The maximum Gasteiger partial charge on any atom is 0.315 e. The van der Waals surface area contributed by atoms with Gasteiger partial charge in [0.25, 0.3) is 0 Å². The van der Waals surface area contributed by atoms with E-state index in [1.807, 2.05) is 0 Å². The van der Waals surface area contributed by atoms with Crippen LogP contribution in [0, 0.1) is 10.8 Å². The molecule has 4 fully saturated rings. The van der Waals surface area contributed by atoms with E-state index in [0.29, 0.717) is 19.6 Å². The summed E-state index contributed by atoms with van der Waals surface area (Å²) in [6, 6.07) is 0. The third-order valence-corrected chi connectivity index (χ3v) is 5.50. The van der Waals surface area contributed by atoms with Crippen LogP contribution in [0.4, 0.5) is 0 Å². The second-order valence-electron chi connectivity index (χ2n) is 6.26. The van der Waals surface area contributed by atoms with Crippen LogP contribution >= 0.6 is 0 Å². The van der Waals surface area contributed by atoms with Crippen molar-refractivity contribution in [1.29, 1.82) is 0 Å². The SMILES string of the molecule is COC1CC2(C(=O)O)CCC1(C(=O)O)CC21OCCCO1. The van der Waals surface area contributed by atoms with Gasteiger partial charge < -0.3 is 24.4 Å². The summed E-state index contributed by atoms with van der Waals surface area (Å²) in [5, 5.41) is 19.5. The molecule has 0 aromatic rings. The minimum absolute atomic E-state index is 0.0279. The molecule has 0 aromatic heterocycles. The molecule has 0 aromatic carbocycles. The van der Waals surface area contributed by atoms with Crippen molar-refractivity contribution in [3.8, 4) is 0 Å². The molecule has 4 aliphatic rings. The van der Waals surface area contributed by atoms with Crippen molar-refractivity contribution in [2.75, 3.05) is 20.3 Å². The maximum atomic E-state index is 12.0. The first-order valence-electron chi connectivity index (χ1n) is 7.20. The summed E-state index contributed by atoms with van der Waals surface area (Å²) in [5.74, 6) is -3.31. The summed E-state index contributed by atoms with van der Waals surface area (Å²) in [6.45, 7) is 0.782. The van der Waals surface area contributed by atoms with Crippen LogP contribution < -0.4 is 0 Å². The molecule has 7 heteroatoms. The largest absolute Gasteiger partial charge is 0.481 e. The van der Waals surface area contributed by atoms with Crippen LogP contribution in [0.1, 0.15) is 32.1 Å². The van der Waals surface area contributed by atoms with E-state index in [1.165, 1.54) is 7.11 Å². The Morgan fingerprint density at radius 1 is 1.14 bits per heavy atom. The van der Waals surface area contributed by atoms with Crippen molar-refractivity contribution < 1.29 is 34.0 Å². The first-order valence-corrected chi connectivity index (χ1v) is 7.20. The Kier molecular flexibility index (Phi) is 3.27. The Balaban J connectivity index is 2.09. The summed E-state index contributed by atoms with van der Waals surface area (Å²) >= 11 is 0. The molecule has 2 bridgehead atoms. The predicted molar refractivity (Wildman–Crippen MR) is 68.7 cm³/mol. The molecular formula is C14H20O7. The van der Waals surface area contributed by atoms with Gasteiger partial charge in [-0.2, -0.15) is 0 Å². The van der Waals surface area contributed by atoms with Crippen LogP contribution in [0.15, 0.2) is 0 Å². The first kappa shape index (κ1) is 14.7. The Bertz CT molecular complexity index is 470. The highest BCUT2D eigenvalue weighted by molar-refractivity contribution is 5.82. The van der Waals surface area contributed by atoms with E-state index in [9.17, 15) is 19.8 Å². The highest BCUT2D eigenvalue weighted by atomic mass is 16.7. The molecule has 1 heterocycles. The van der Waals surface area contributed by atoms with Crippen molar-refractivity contribution in [3.63, 3.8) is 0 Å². The molecule has 3 atom stereocenters. The van der Waals surface area contributed by atoms with E-state index < -0.39 is 34.7 Å². The molecule has 1 saturated heterocycles. The Hall–Kier alpha value is -1.18. The molecule has 7 nitrogen and oxygen atoms in total. The molecule has 118 valence electrons. The lowest BCUT2D eigenvalue weighted by atomic mass is 9.49. The van der Waals surface area contributed by atoms with E-state index in [1.54, 1.807) is 0 Å². The van der Waals surface area contributed by atoms with Crippen molar-refractivity contribution in [1.82, 2.24) is 0 Å².